The van der Waals surface area contributed by atoms with Crippen LogP contribution in [-0.4, -0.2) is 62.1 Å². The number of piperidine rings is 1. The molecule has 2 N–H and O–H groups in total. The Morgan fingerprint density at radius 3 is 2.38 bits per heavy atom. The monoisotopic (exact) mass is 345 g/mol. The molecule has 136 valence electrons. The number of halogens is 3. The lowest BCUT2D eigenvalue weighted by atomic mass is 10.0. The highest BCUT2D eigenvalue weighted by molar-refractivity contribution is 5.55. The summed E-state index contributed by atoms with van der Waals surface area (Å²) in [6.07, 6.45) is -3.10. The number of benzene rings is 1. The Hall–Kier alpha value is -1.47. The first kappa shape index (κ1) is 18.9. The number of anilines is 2. The normalized spacial score (nSPS) is 17.0. The number of likely N-dealkylation sites (N-methyl/N-ethyl adjacent to an activating group) is 1. The molecule has 1 aliphatic heterocycles. The van der Waals surface area contributed by atoms with Crippen LogP contribution in [0.5, 0.6) is 0 Å². The summed E-state index contributed by atoms with van der Waals surface area (Å²) in [6, 6.07) is 8.29. The Kier molecular flexibility index (Phi) is 6.74. The van der Waals surface area contributed by atoms with Crippen LogP contribution in [-0.2, 0) is 0 Å². The minimum absolute atomic E-state index is 0.0993. The van der Waals surface area contributed by atoms with Gasteiger partial charge >= 0.3 is 6.18 Å². The molecule has 1 fully saturated rings. The molecular formula is C17H26F3N3O. The van der Waals surface area contributed by atoms with E-state index in [0.717, 1.165) is 24.2 Å². The summed E-state index contributed by atoms with van der Waals surface area (Å²) >= 11 is 0. The molecule has 0 saturated carbocycles. The lowest BCUT2D eigenvalue weighted by Crippen LogP contribution is -2.40. The number of nitrogens with zero attached hydrogens (tertiary/aromatic N) is 2. The van der Waals surface area contributed by atoms with Crippen LogP contribution in [0.4, 0.5) is 24.5 Å². The second-order valence-electron chi connectivity index (χ2n) is 6.32. The van der Waals surface area contributed by atoms with Gasteiger partial charge in [-0.2, -0.15) is 13.2 Å². The SMILES string of the molecule is CN(CCO)c1ccc(NC2CCN(CCC(F)(F)F)CC2)cc1. The second kappa shape index (κ2) is 8.58. The predicted molar refractivity (Wildman–Crippen MR) is 90.6 cm³/mol. The van der Waals surface area contributed by atoms with Gasteiger partial charge in [-0.3, -0.25) is 0 Å². The molecule has 1 aromatic rings. The van der Waals surface area contributed by atoms with E-state index in [1.807, 2.05) is 41.1 Å². The van der Waals surface area contributed by atoms with Crippen LogP contribution in [0.3, 0.4) is 0 Å². The molecule has 1 heterocycles. The van der Waals surface area contributed by atoms with Gasteiger partial charge in [0.05, 0.1) is 13.0 Å². The summed E-state index contributed by atoms with van der Waals surface area (Å²) in [5.74, 6) is 0. The zero-order chi connectivity index (χ0) is 17.6. The first-order valence-electron chi connectivity index (χ1n) is 8.35. The Balaban J connectivity index is 1.75. The van der Waals surface area contributed by atoms with E-state index in [2.05, 4.69) is 5.32 Å². The van der Waals surface area contributed by atoms with Gasteiger partial charge in [0.15, 0.2) is 0 Å². The van der Waals surface area contributed by atoms with Crippen molar-refractivity contribution in [1.82, 2.24) is 4.90 Å². The highest BCUT2D eigenvalue weighted by atomic mass is 19.4. The van der Waals surface area contributed by atoms with Crippen LogP contribution in [0.2, 0.25) is 0 Å². The zero-order valence-corrected chi connectivity index (χ0v) is 14.0. The minimum Gasteiger partial charge on any atom is -0.395 e. The standard InChI is InChI=1S/C17H26F3N3O/c1-22(12-13-24)16-4-2-14(3-5-16)21-15-6-9-23(10-7-15)11-8-17(18,19)20/h2-5,15,21,24H,6-13H2,1H3. The molecule has 1 aliphatic rings. The van der Waals surface area contributed by atoms with E-state index >= 15 is 0 Å². The minimum atomic E-state index is -4.07. The summed E-state index contributed by atoms with van der Waals surface area (Å²) in [5, 5.41) is 12.4. The van der Waals surface area contributed by atoms with E-state index in [-0.39, 0.29) is 13.2 Å². The van der Waals surface area contributed by atoms with Gasteiger partial charge in [-0.25, -0.2) is 0 Å². The fourth-order valence-corrected chi connectivity index (χ4v) is 2.91. The quantitative estimate of drug-likeness (QED) is 0.797. The van der Waals surface area contributed by atoms with Crippen molar-refractivity contribution < 1.29 is 18.3 Å². The van der Waals surface area contributed by atoms with E-state index in [1.54, 1.807) is 0 Å². The maximum absolute atomic E-state index is 12.3. The average molecular weight is 345 g/mol. The molecule has 0 aliphatic carbocycles. The zero-order valence-electron chi connectivity index (χ0n) is 14.0. The fraction of sp³-hybridized carbons (Fsp3) is 0.647. The van der Waals surface area contributed by atoms with Crippen molar-refractivity contribution in [3.63, 3.8) is 0 Å². The number of rotatable bonds is 7. The van der Waals surface area contributed by atoms with Crippen molar-refractivity contribution in [3.05, 3.63) is 24.3 Å². The number of hydrogen-bond donors (Lipinski definition) is 2. The van der Waals surface area contributed by atoms with Gasteiger partial charge in [-0.05, 0) is 37.1 Å². The van der Waals surface area contributed by atoms with Crippen LogP contribution in [0.15, 0.2) is 24.3 Å². The first-order chi connectivity index (χ1) is 11.4. The third kappa shape index (κ3) is 6.20. The lowest BCUT2D eigenvalue weighted by Gasteiger charge is -2.33. The van der Waals surface area contributed by atoms with Gasteiger partial charge in [0, 0.05) is 50.6 Å². The molecule has 0 radical (unpaired) electrons. The van der Waals surface area contributed by atoms with Crippen LogP contribution < -0.4 is 10.2 Å². The molecule has 1 aromatic carbocycles. The Bertz CT molecular complexity index is 485. The average Bonchev–Trinajstić information content (AvgIpc) is 2.54. The topological polar surface area (TPSA) is 38.7 Å². The van der Waals surface area contributed by atoms with Crippen molar-refractivity contribution in [2.24, 2.45) is 0 Å². The summed E-state index contributed by atoms with van der Waals surface area (Å²) in [6.45, 7) is 2.20. The molecule has 0 amide bonds. The van der Waals surface area contributed by atoms with Gasteiger partial charge < -0.3 is 20.2 Å². The third-order valence-electron chi connectivity index (χ3n) is 4.41. The molecule has 24 heavy (non-hydrogen) atoms. The van der Waals surface area contributed by atoms with Gasteiger partial charge in [0.2, 0.25) is 0 Å². The molecule has 1 saturated heterocycles. The summed E-state index contributed by atoms with van der Waals surface area (Å²) in [4.78, 5) is 3.86. The van der Waals surface area contributed by atoms with Crippen LogP contribution in [0.25, 0.3) is 0 Å². The molecule has 0 atom stereocenters. The Labute approximate surface area is 141 Å². The van der Waals surface area contributed by atoms with Crippen LogP contribution in [0, 0.1) is 0 Å². The molecule has 0 aromatic heterocycles. The first-order valence-corrected chi connectivity index (χ1v) is 8.35. The molecular weight excluding hydrogens is 319 g/mol. The van der Waals surface area contributed by atoms with Crippen LogP contribution in [0.1, 0.15) is 19.3 Å². The number of hydrogen-bond acceptors (Lipinski definition) is 4. The smallest absolute Gasteiger partial charge is 0.390 e. The lowest BCUT2D eigenvalue weighted by molar-refractivity contribution is -0.138. The van der Waals surface area contributed by atoms with Crippen molar-refractivity contribution in [1.29, 1.82) is 0 Å². The maximum atomic E-state index is 12.3. The number of alkyl halides is 3. The Morgan fingerprint density at radius 1 is 1.21 bits per heavy atom. The molecule has 4 nitrogen and oxygen atoms in total. The van der Waals surface area contributed by atoms with Crippen LogP contribution >= 0.6 is 0 Å². The predicted octanol–water partition coefficient (Wildman–Crippen LogP) is 2.94. The molecule has 7 heteroatoms. The van der Waals surface area contributed by atoms with Gasteiger partial charge in [0.25, 0.3) is 0 Å². The Morgan fingerprint density at radius 2 is 1.83 bits per heavy atom. The number of aliphatic hydroxyl groups is 1. The van der Waals surface area contributed by atoms with Gasteiger partial charge in [-0.1, -0.05) is 0 Å². The molecule has 2 rings (SSSR count). The van der Waals surface area contributed by atoms with E-state index in [0.29, 0.717) is 25.7 Å². The van der Waals surface area contributed by atoms with Gasteiger partial charge in [0.1, 0.15) is 0 Å². The maximum Gasteiger partial charge on any atom is 0.390 e. The fourth-order valence-electron chi connectivity index (χ4n) is 2.91. The molecule has 0 bridgehead atoms. The van der Waals surface area contributed by atoms with Crippen molar-refractivity contribution in [3.8, 4) is 0 Å². The largest absolute Gasteiger partial charge is 0.395 e. The summed E-state index contributed by atoms with van der Waals surface area (Å²) in [5.41, 5.74) is 2.06. The molecule has 0 spiro atoms. The van der Waals surface area contributed by atoms with E-state index in [9.17, 15) is 13.2 Å². The highest BCUT2D eigenvalue weighted by Gasteiger charge is 2.29. The van der Waals surface area contributed by atoms with Crippen molar-refractivity contribution in [2.75, 3.05) is 50.1 Å². The highest BCUT2D eigenvalue weighted by Crippen LogP contribution is 2.23. The molecule has 0 unspecified atom stereocenters. The second-order valence-corrected chi connectivity index (χ2v) is 6.32. The van der Waals surface area contributed by atoms with Crippen molar-refractivity contribution in [2.45, 2.75) is 31.5 Å². The van der Waals surface area contributed by atoms with Crippen molar-refractivity contribution >= 4 is 11.4 Å². The summed E-state index contributed by atoms with van der Waals surface area (Å²) in [7, 11) is 1.93. The van der Waals surface area contributed by atoms with E-state index < -0.39 is 12.6 Å². The van der Waals surface area contributed by atoms with Gasteiger partial charge in [-0.15, -0.1) is 0 Å². The van der Waals surface area contributed by atoms with E-state index in [1.165, 1.54) is 0 Å². The third-order valence-corrected chi connectivity index (χ3v) is 4.41. The number of likely N-dealkylation sites (tertiary alicyclic amines) is 1. The summed E-state index contributed by atoms with van der Waals surface area (Å²) < 4.78 is 36.8. The van der Waals surface area contributed by atoms with E-state index in [4.69, 9.17) is 5.11 Å². The number of aliphatic hydroxyl groups excluding tert-OH is 1. The number of nitrogens with one attached hydrogen (secondary N) is 1.